The monoisotopic (exact) mass is 487 g/mol. The summed E-state index contributed by atoms with van der Waals surface area (Å²) in [5.41, 5.74) is 1.99. The van der Waals surface area contributed by atoms with Gasteiger partial charge in [0.2, 0.25) is 0 Å². The SMILES string of the molecule is Cc1c(C(=O)O)cccc1-c1ccc(/C=C2\SC(=O)N(Cc3ccc(Cl)cc3Cl)C2=O)o1. The van der Waals surface area contributed by atoms with E-state index in [1.54, 1.807) is 49.4 Å². The summed E-state index contributed by atoms with van der Waals surface area (Å²) in [4.78, 5) is 37.9. The van der Waals surface area contributed by atoms with E-state index in [4.69, 9.17) is 27.6 Å². The largest absolute Gasteiger partial charge is 0.478 e. The fraction of sp³-hybridized carbons (Fsp3) is 0.0870. The van der Waals surface area contributed by atoms with Crippen molar-refractivity contribution in [3.8, 4) is 11.3 Å². The van der Waals surface area contributed by atoms with Gasteiger partial charge in [-0.1, -0.05) is 41.4 Å². The van der Waals surface area contributed by atoms with E-state index in [0.29, 0.717) is 38.3 Å². The van der Waals surface area contributed by atoms with Crippen LogP contribution in [0.25, 0.3) is 17.4 Å². The van der Waals surface area contributed by atoms with Gasteiger partial charge >= 0.3 is 5.97 Å². The zero-order valence-corrected chi connectivity index (χ0v) is 18.9. The van der Waals surface area contributed by atoms with Crippen molar-refractivity contribution < 1.29 is 23.9 Å². The Hall–Kier alpha value is -3.00. The van der Waals surface area contributed by atoms with E-state index in [-0.39, 0.29) is 17.0 Å². The average molecular weight is 488 g/mol. The molecule has 2 heterocycles. The minimum atomic E-state index is -1.02. The van der Waals surface area contributed by atoms with E-state index in [1.165, 1.54) is 12.1 Å². The predicted molar refractivity (Wildman–Crippen MR) is 124 cm³/mol. The number of carboxylic acid groups (broad SMARTS) is 1. The molecule has 2 amide bonds. The molecule has 9 heteroatoms. The van der Waals surface area contributed by atoms with Crippen LogP contribution in [0.5, 0.6) is 0 Å². The molecular formula is C23H15Cl2NO5S. The Labute approximate surface area is 197 Å². The van der Waals surface area contributed by atoms with Crippen LogP contribution in [0.4, 0.5) is 4.79 Å². The Morgan fingerprint density at radius 3 is 2.66 bits per heavy atom. The molecule has 1 fully saturated rings. The van der Waals surface area contributed by atoms with E-state index in [0.717, 1.165) is 16.7 Å². The minimum Gasteiger partial charge on any atom is -0.478 e. The quantitative estimate of drug-likeness (QED) is 0.413. The van der Waals surface area contributed by atoms with Crippen molar-refractivity contribution in [2.45, 2.75) is 13.5 Å². The lowest BCUT2D eigenvalue weighted by Gasteiger charge is -2.13. The topological polar surface area (TPSA) is 87.8 Å². The first-order chi connectivity index (χ1) is 15.2. The Balaban J connectivity index is 1.57. The molecular weight excluding hydrogens is 473 g/mol. The molecule has 0 bridgehead atoms. The smallest absolute Gasteiger partial charge is 0.335 e. The van der Waals surface area contributed by atoms with Crippen LogP contribution in [0, 0.1) is 6.92 Å². The number of imide groups is 1. The summed E-state index contributed by atoms with van der Waals surface area (Å²) >= 11 is 12.9. The van der Waals surface area contributed by atoms with Crippen molar-refractivity contribution in [3.63, 3.8) is 0 Å². The first kappa shape index (κ1) is 22.2. The van der Waals surface area contributed by atoms with Crippen molar-refractivity contribution in [1.82, 2.24) is 4.90 Å². The van der Waals surface area contributed by atoms with E-state index in [2.05, 4.69) is 0 Å². The lowest BCUT2D eigenvalue weighted by Crippen LogP contribution is -2.27. The molecule has 6 nitrogen and oxygen atoms in total. The van der Waals surface area contributed by atoms with Crippen molar-refractivity contribution in [1.29, 1.82) is 0 Å². The molecule has 1 N–H and O–H groups in total. The summed E-state index contributed by atoms with van der Waals surface area (Å²) in [5, 5.41) is 9.74. The van der Waals surface area contributed by atoms with Gasteiger partial charge in [-0.05, 0) is 60.1 Å². The Morgan fingerprint density at radius 2 is 1.94 bits per heavy atom. The fourth-order valence-electron chi connectivity index (χ4n) is 3.30. The van der Waals surface area contributed by atoms with Crippen molar-refractivity contribution >= 4 is 58.2 Å². The summed E-state index contributed by atoms with van der Waals surface area (Å²) in [6.45, 7) is 1.73. The summed E-state index contributed by atoms with van der Waals surface area (Å²) < 4.78 is 5.82. The molecule has 3 aromatic rings. The number of amides is 2. The number of carbonyl (C=O) groups excluding carboxylic acids is 2. The number of carbonyl (C=O) groups is 3. The Kier molecular flexibility index (Phi) is 6.15. The predicted octanol–water partition coefficient (Wildman–Crippen LogP) is 6.50. The molecule has 4 rings (SSSR count). The molecule has 1 saturated heterocycles. The Morgan fingerprint density at radius 1 is 1.16 bits per heavy atom. The number of thioether (sulfide) groups is 1. The normalized spacial score (nSPS) is 15.1. The van der Waals surface area contributed by atoms with Crippen LogP contribution in [-0.4, -0.2) is 27.1 Å². The van der Waals surface area contributed by atoms with Crippen LogP contribution in [-0.2, 0) is 11.3 Å². The summed E-state index contributed by atoms with van der Waals surface area (Å²) in [7, 11) is 0. The van der Waals surface area contributed by atoms with E-state index < -0.39 is 17.1 Å². The maximum Gasteiger partial charge on any atom is 0.335 e. The van der Waals surface area contributed by atoms with Gasteiger partial charge in [-0.2, -0.15) is 0 Å². The third-order valence-electron chi connectivity index (χ3n) is 4.95. The second-order valence-electron chi connectivity index (χ2n) is 6.99. The number of rotatable bonds is 5. The molecule has 1 aliphatic heterocycles. The standard InChI is InChI=1S/C23H15Cl2NO5S/c1-12-16(3-2-4-17(12)22(28)29)19-8-7-15(31-19)10-20-21(27)26(23(30)32-20)11-13-5-6-14(24)9-18(13)25/h2-10H,11H2,1H3,(H,28,29)/b20-10-. The van der Waals surface area contributed by atoms with Gasteiger partial charge in [0.25, 0.3) is 11.1 Å². The second kappa shape index (κ2) is 8.86. The van der Waals surface area contributed by atoms with Crippen LogP contribution in [0.1, 0.15) is 27.2 Å². The van der Waals surface area contributed by atoms with Gasteiger partial charge in [0.15, 0.2) is 0 Å². The lowest BCUT2D eigenvalue weighted by atomic mass is 10.0. The molecule has 0 aliphatic carbocycles. The highest BCUT2D eigenvalue weighted by atomic mass is 35.5. The van der Waals surface area contributed by atoms with Gasteiger partial charge in [0.1, 0.15) is 11.5 Å². The molecule has 0 radical (unpaired) electrons. The van der Waals surface area contributed by atoms with Gasteiger partial charge in [-0.15, -0.1) is 0 Å². The van der Waals surface area contributed by atoms with Crippen molar-refractivity contribution in [2.24, 2.45) is 0 Å². The number of nitrogens with zero attached hydrogens (tertiary/aromatic N) is 1. The summed E-state index contributed by atoms with van der Waals surface area (Å²) in [5.74, 6) is -0.641. The van der Waals surface area contributed by atoms with E-state index in [9.17, 15) is 19.5 Å². The third kappa shape index (κ3) is 4.32. The van der Waals surface area contributed by atoms with Crippen molar-refractivity contribution in [3.05, 3.63) is 85.9 Å². The maximum absolute atomic E-state index is 12.8. The van der Waals surface area contributed by atoms with Gasteiger partial charge in [0.05, 0.1) is 17.0 Å². The number of aromatic carboxylic acids is 1. The van der Waals surface area contributed by atoms with Gasteiger partial charge < -0.3 is 9.52 Å². The summed E-state index contributed by atoms with van der Waals surface area (Å²) in [6, 6.07) is 13.1. The van der Waals surface area contributed by atoms with E-state index >= 15 is 0 Å². The number of halogens is 2. The van der Waals surface area contributed by atoms with E-state index in [1.807, 2.05) is 0 Å². The van der Waals surface area contributed by atoms with Crippen LogP contribution in [0.15, 0.2) is 57.9 Å². The molecule has 0 atom stereocenters. The second-order valence-corrected chi connectivity index (χ2v) is 8.83. The molecule has 32 heavy (non-hydrogen) atoms. The number of carboxylic acids is 1. The van der Waals surface area contributed by atoms with Gasteiger partial charge in [0, 0.05) is 21.7 Å². The number of benzene rings is 2. The molecule has 162 valence electrons. The van der Waals surface area contributed by atoms with Gasteiger partial charge in [-0.3, -0.25) is 14.5 Å². The first-order valence-corrected chi connectivity index (χ1v) is 10.9. The molecule has 0 unspecified atom stereocenters. The summed E-state index contributed by atoms with van der Waals surface area (Å²) in [6.07, 6.45) is 1.49. The fourth-order valence-corrected chi connectivity index (χ4v) is 4.58. The van der Waals surface area contributed by atoms with Crippen molar-refractivity contribution in [2.75, 3.05) is 0 Å². The maximum atomic E-state index is 12.8. The van der Waals surface area contributed by atoms with Crippen LogP contribution in [0.2, 0.25) is 10.0 Å². The third-order valence-corrected chi connectivity index (χ3v) is 6.44. The number of hydrogen-bond acceptors (Lipinski definition) is 5. The molecule has 0 saturated carbocycles. The highest BCUT2D eigenvalue weighted by Gasteiger charge is 2.35. The zero-order valence-electron chi connectivity index (χ0n) is 16.6. The van der Waals surface area contributed by atoms with Gasteiger partial charge in [-0.25, -0.2) is 4.79 Å². The van der Waals surface area contributed by atoms with Crippen LogP contribution in [0.3, 0.4) is 0 Å². The molecule has 1 aromatic heterocycles. The number of furan rings is 1. The minimum absolute atomic E-state index is 0.0303. The highest BCUT2D eigenvalue weighted by molar-refractivity contribution is 8.18. The molecule has 2 aromatic carbocycles. The zero-order chi connectivity index (χ0) is 23.0. The number of hydrogen-bond donors (Lipinski definition) is 1. The molecule has 0 spiro atoms. The average Bonchev–Trinajstić information content (AvgIpc) is 3.30. The van der Waals surface area contributed by atoms with Crippen LogP contribution >= 0.6 is 35.0 Å². The highest BCUT2D eigenvalue weighted by Crippen LogP contribution is 2.36. The lowest BCUT2D eigenvalue weighted by molar-refractivity contribution is -0.123. The van der Waals surface area contributed by atoms with Crippen LogP contribution < -0.4 is 0 Å². The Bertz CT molecular complexity index is 1300. The molecule has 1 aliphatic rings. The first-order valence-electron chi connectivity index (χ1n) is 9.37.